The first-order valence-electron chi connectivity index (χ1n) is 16.0. The summed E-state index contributed by atoms with van der Waals surface area (Å²) < 4.78 is 27.8. The number of pyridine rings is 1. The molecule has 0 spiro atoms. The van der Waals surface area contributed by atoms with Crippen molar-refractivity contribution in [3.8, 4) is 16.8 Å². The van der Waals surface area contributed by atoms with Gasteiger partial charge in [0.15, 0.2) is 5.65 Å². The van der Waals surface area contributed by atoms with Gasteiger partial charge in [0, 0.05) is 18.5 Å². The topological polar surface area (TPSA) is 158 Å². The summed E-state index contributed by atoms with van der Waals surface area (Å²) in [6.07, 6.45) is 1.37. The van der Waals surface area contributed by atoms with Crippen LogP contribution >= 0.6 is 11.3 Å². The van der Waals surface area contributed by atoms with Crippen LogP contribution in [0.1, 0.15) is 52.8 Å². The fraction of sp³-hybridized carbons (Fsp3) is 0.343. The molecule has 0 aliphatic rings. The molecular formula is C35H38N8O7S. The van der Waals surface area contributed by atoms with Gasteiger partial charge in [0.1, 0.15) is 28.3 Å². The van der Waals surface area contributed by atoms with E-state index in [-0.39, 0.29) is 17.9 Å². The average molecular weight is 715 g/mol. The molecule has 0 unspecified atom stereocenters. The first kappa shape index (κ1) is 35.1. The van der Waals surface area contributed by atoms with E-state index in [0.29, 0.717) is 39.9 Å². The second-order valence-electron chi connectivity index (χ2n) is 13.6. The number of rotatable bonds is 8. The van der Waals surface area contributed by atoms with Crippen LogP contribution in [-0.4, -0.2) is 64.6 Å². The number of imide groups is 1. The first-order valence-corrected chi connectivity index (χ1v) is 16.8. The van der Waals surface area contributed by atoms with E-state index in [0.717, 1.165) is 20.9 Å². The SMILES string of the molecule is COc1ccc(Cn2nccc2Oc2nc3c(s2)c2cnn(Cc4cccc(N(C(=O)OC(C)(C)C)C(=O)OC(C)(C)C)n4)c(=O)c2n3C)cc1. The van der Waals surface area contributed by atoms with Gasteiger partial charge >= 0.3 is 12.2 Å². The predicted molar refractivity (Wildman–Crippen MR) is 191 cm³/mol. The summed E-state index contributed by atoms with van der Waals surface area (Å²) in [5, 5.41) is 9.84. The molecule has 15 nitrogen and oxygen atoms in total. The molecule has 0 bridgehead atoms. The number of anilines is 1. The zero-order valence-corrected chi connectivity index (χ0v) is 30.3. The molecule has 6 aromatic rings. The van der Waals surface area contributed by atoms with E-state index in [2.05, 4.69) is 20.2 Å². The lowest BCUT2D eigenvalue weighted by atomic mass is 10.2. The minimum Gasteiger partial charge on any atom is -0.497 e. The minimum absolute atomic E-state index is 0.0217. The summed E-state index contributed by atoms with van der Waals surface area (Å²) in [5.74, 6) is 1.26. The summed E-state index contributed by atoms with van der Waals surface area (Å²) in [7, 11) is 3.38. The van der Waals surface area contributed by atoms with Crippen LogP contribution in [0.2, 0.25) is 0 Å². The fourth-order valence-electron chi connectivity index (χ4n) is 5.16. The van der Waals surface area contributed by atoms with Crippen LogP contribution in [0.5, 0.6) is 16.8 Å². The lowest BCUT2D eigenvalue weighted by molar-refractivity contribution is 0.0429. The normalized spacial score (nSPS) is 11.9. The van der Waals surface area contributed by atoms with E-state index in [4.69, 9.17) is 18.9 Å². The van der Waals surface area contributed by atoms with Crippen LogP contribution in [0.4, 0.5) is 15.4 Å². The van der Waals surface area contributed by atoms with Gasteiger partial charge in [-0.1, -0.05) is 29.5 Å². The van der Waals surface area contributed by atoms with Gasteiger partial charge in [-0.25, -0.2) is 23.9 Å². The molecule has 16 heteroatoms. The van der Waals surface area contributed by atoms with Gasteiger partial charge < -0.3 is 23.5 Å². The molecular weight excluding hydrogens is 677 g/mol. The maximum atomic E-state index is 13.8. The van der Waals surface area contributed by atoms with Crippen molar-refractivity contribution in [1.82, 2.24) is 34.1 Å². The zero-order valence-electron chi connectivity index (χ0n) is 29.5. The second kappa shape index (κ2) is 13.5. The largest absolute Gasteiger partial charge is 0.497 e. The van der Waals surface area contributed by atoms with E-state index in [1.54, 1.807) is 95.5 Å². The Morgan fingerprint density at radius 2 is 1.55 bits per heavy atom. The van der Waals surface area contributed by atoms with E-state index < -0.39 is 23.4 Å². The predicted octanol–water partition coefficient (Wildman–Crippen LogP) is 6.51. The van der Waals surface area contributed by atoms with E-state index >= 15 is 0 Å². The zero-order chi connectivity index (χ0) is 36.7. The van der Waals surface area contributed by atoms with Crippen LogP contribution in [0.15, 0.2) is 65.7 Å². The maximum absolute atomic E-state index is 13.8. The van der Waals surface area contributed by atoms with Crippen molar-refractivity contribution in [2.24, 2.45) is 7.05 Å². The van der Waals surface area contributed by atoms with E-state index in [9.17, 15) is 14.4 Å². The summed E-state index contributed by atoms with van der Waals surface area (Å²) in [6.45, 7) is 10.6. The Morgan fingerprint density at radius 1 is 0.863 bits per heavy atom. The lowest BCUT2D eigenvalue weighted by Gasteiger charge is -2.28. The third-order valence-corrected chi connectivity index (χ3v) is 8.31. The molecule has 2 amide bonds. The molecule has 1 aromatic carbocycles. The van der Waals surface area contributed by atoms with Crippen LogP contribution in [0.3, 0.4) is 0 Å². The molecule has 0 N–H and O–H groups in total. The molecule has 6 rings (SSSR count). The number of hydrogen-bond donors (Lipinski definition) is 0. The summed E-state index contributed by atoms with van der Waals surface area (Å²) in [6, 6.07) is 14.2. The molecule has 0 radical (unpaired) electrons. The smallest absolute Gasteiger partial charge is 0.425 e. The molecule has 0 saturated carbocycles. The van der Waals surface area contributed by atoms with Crippen molar-refractivity contribution in [1.29, 1.82) is 0 Å². The third kappa shape index (κ3) is 7.70. The minimum atomic E-state index is -0.945. The number of benzene rings is 1. The van der Waals surface area contributed by atoms with Crippen LogP contribution in [0, 0.1) is 0 Å². The van der Waals surface area contributed by atoms with Gasteiger partial charge in [0.2, 0.25) is 5.88 Å². The maximum Gasteiger partial charge on any atom is 0.425 e. The number of carbonyl (C=O) groups is 2. The van der Waals surface area contributed by atoms with Crippen molar-refractivity contribution in [2.75, 3.05) is 12.0 Å². The highest BCUT2D eigenvalue weighted by molar-refractivity contribution is 7.21. The van der Waals surface area contributed by atoms with Crippen molar-refractivity contribution in [3.63, 3.8) is 0 Å². The molecule has 266 valence electrons. The number of carbonyl (C=O) groups excluding carboxylic acids is 2. The summed E-state index contributed by atoms with van der Waals surface area (Å²) >= 11 is 1.30. The Balaban J connectivity index is 1.25. The van der Waals surface area contributed by atoms with Crippen molar-refractivity contribution in [3.05, 3.63) is 82.5 Å². The molecule has 5 heterocycles. The number of thiazole rings is 1. The highest BCUT2D eigenvalue weighted by Gasteiger charge is 2.33. The number of ether oxygens (including phenoxy) is 4. The van der Waals surface area contributed by atoms with Crippen molar-refractivity contribution in [2.45, 2.75) is 65.8 Å². The standard InChI is InChI=1S/C35H38N8O7S/c1-34(2,3)49-32(45)43(33(46)50-35(4,5)6)25-11-9-10-22(38-25)20-42-30(44)27-24(18-37-42)28-29(40(27)7)39-31(51-28)48-26-16-17-36-41(26)19-21-12-14-23(47-8)15-13-21/h9-18H,19-20H2,1-8H3. The van der Waals surface area contributed by atoms with Gasteiger partial charge in [-0.2, -0.15) is 20.1 Å². The second-order valence-corrected chi connectivity index (χ2v) is 14.6. The Labute approximate surface area is 296 Å². The Kier molecular flexibility index (Phi) is 9.29. The summed E-state index contributed by atoms with van der Waals surface area (Å²) in [4.78, 5) is 50.0. The van der Waals surface area contributed by atoms with Gasteiger partial charge in [-0.15, -0.1) is 0 Å². The van der Waals surface area contributed by atoms with Crippen LogP contribution < -0.4 is 19.9 Å². The first-order chi connectivity index (χ1) is 24.1. The quantitative estimate of drug-likeness (QED) is 0.169. The Morgan fingerprint density at radius 3 is 2.20 bits per heavy atom. The van der Waals surface area contributed by atoms with E-state index in [1.165, 1.54) is 22.1 Å². The number of fused-ring (bicyclic) bond motifs is 3. The molecule has 5 aromatic heterocycles. The molecule has 0 aliphatic heterocycles. The number of aromatic nitrogens is 7. The lowest BCUT2D eigenvalue weighted by Crippen LogP contribution is -2.44. The Bertz CT molecular complexity index is 2260. The molecule has 0 atom stereocenters. The van der Waals surface area contributed by atoms with Gasteiger partial charge in [0.25, 0.3) is 10.8 Å². The molecule has 0 saturated heterocycles. The highest BCUT2D eigenvalue weighted by Crippen LogP contribution is 2.36. The molecule has 0 aliphatic carbocycles. The van der Waals surface area contributed by atoms with Gasteiger partial charge in [0.05, 0.1) is 43.0 Å². The number of aryl methyl sites for hydroxylation is 1. The number of amides is 2. The Hall–Kier alpha value is -5.77. The van der Waals surface area contributed by atoms with Crippen molar-refractivity contribution >= 4 is 50.6 Å². The molecule has 51 heavy (non-hydrogen) atoms. The third-order valence-electron chi connectivity index (χ3n) is 7.35. The molecule has 0 fully saturated rings. The van der Waals surface area contributed by atoms with Gasteiger partial charge in [-0.3, -0.25) is 4.79 Å². The fourth-order valence-corrected chi connectivity index (χ4v) is 6.12. The average Bonchev–Trinajstić information content (AvgIpc) is 3.73. The number of nitrogens with zero attached hydrogens (tertiary/aromatic N) is 8. The number of hydrogen-bond acceptors (Lipinski definition) is 12. The van der Waals surface area contributed by atoms with Crippen LogP contribution in [-0.2, 0) is 29.6 Å². The number of methoxy groups -OCH3 is 1. The van der Waals surface area contributed by atoms with E-state index in [1.807, 2.05) is 24.3 Å². The monoisotopic (exact) mass is 714 g/mol. The summed E-state index contributed by atoms with van der Waals surface area (Å²) in [5.41, 5.74) is 0.216. The van der Waals surface area contributed by atoms with Crippen LogP contribution in [0.25, 0.3) is 21.3 Å². The van der Waals surface area contributed by atoms with Crippen molar-refractivity contribution < 1.29 is 28.5 Å². The highest BCUT2D eigenvalue weighted by atomic mass is 32.1. The van der Waals surface area contributed by atoms with Gasteiger partial charge in [-0.05, 0) is 71.4 Å².